The van der Waals surface area contributed by atoms with Crippen molar-refractivity contribution in [3.05, 3.63) is 0 Å². The van der Waals surface area contributed by atoms with E-state index in [0.29, 0.717) is 13.2 Å². The van der Waals surface area contributed by atoms with Crippen LogP contribution >= 0.6 is 0 Å². The molecule has 1 fully saturated rings. The normalized spacial score (nSPS) is 15.1. The zero-order valence-corrected chi connectivity index (χ0v) is 12.6. The number of amides is 1. The molecule has 0 N–H and O–H groups in total. The fourth-order valence-corrected chi connectivity index (χ4v) is 2.19. The third kappa shape index (κ3) is 7.36. The predicted octanol–water partition coefficient (Wildman–Crippen LogP) is 3.12. The Kier molecular flexibility index (Phi) is 8.83. The number of esters is 1. The summed E-state index contributed by atoms with van der Waals surface area (Å²) in [5.74, 6) is -0.361. The Labute approximate surface area is 121 Å². The lowest BCUT2D eigenvalue weighted by Crippen LogP contribution is -2.43. The highest BCUT2D eigenvalue weighted by molar-refractivity contribution is 5.79. The molecule has 0 atom stereocenters. The van der Waals surface area contributed by atoms with Gasteiger partial charge in [0.05, 0.1) is 13.2 Å². The van der Waals surface area contributed by atoms with Gasteiger partial charge in [0.1, 0.15) is 13.2 Å². The monoisotopic (exact) mass is 285 g/mol. The summed E-state index contributed by atoms with van der Waals surface area (Å²) < 4.78 is 9.92. The maximum atomic E-state index is 11.6. The van der Waals surface area contributed by atoms with Crippen LogP contribution in [-0.4, -0.2) is 43.3 Å². The van der Waals surface area contributed by atoms with E-state index < -0.39 is 6.09 Å². The molecule has 0 aliphatic carbocycles. The third-order valence-corrected chi connectivity index (χ3v) is 3.43. The van der Waals surface area contributed by atoms with E-state index in [9.17, 15) is 9.59 Å². The zero-order valence-electron chi connectivity index (χ0n) is 12.6. The largest absolute Gasteiger partial charge is 0.462 e. The molecule has 0 aromatic carbocycles. The van der Waals surface area contributed by atoms with Crippen LogP contribution in [-0.2, 0) is 14.3 Å². The van der Waals surface area contributed by atoms with Gasteiger partial charge < -0.3 is 9.47 Å². The van der Waals surface area contributed by atoms with E-state index in [4.69, 9.17) is 9.47 Å². The van der Waals surface area contributed by atoms with E-state index in [1.165, 1.54) is 43.4 Å². The lowest BCUT2D eigenvalue weighted by molar-refractivity contribution is -0.149. The molecule has 116 valence electrons. The van der Waals surface area contributed by atoms with Crippen LogP contribution in [0.3, 0.4) is 0 Å². The Morgan fingerprint density at radius 3 is 2.45 bits per heavy atom. The Bertz CT molecular complexity index is 294. The molecule has 1 amide bonds. The third-order valence-electron chi connectivity index (χ3n) is 3.43. The van der Waals surface area contributed by atoms with Crippen LogP contribution < -0.4 is 0 Å². The Balaban J connectivity index is 1.93. The van der Waals surface area contributed by atoms with E-state index >= 15 is 0 Å². The van der Waals surface area contributed by atoms with Crippen molar-refractivity contribution >= 4 is 12.1 Å². The summed E-state index contributed by atoms with van der Waals surface area (Å²) in [6.45, 7) is 3.37. The number of hydrogen-bond donors (Lipinski definition) is 0. The first kappa shape index (κ1) is 16.8. The van der Waals surface area contributed by atoms with Gasteiger partial charge in [-0.25, -0.2) is 4.79 Å². The van der Waals surface area contributed by atoms with Crippen LogP contribution in [0.5, 0.6) is 0 Å². The fourth-order valence-electron chi connectivity index (χ4n) is 2.19. The van der Waals surface area contributed by atoms with Crippen molar-refractivity contribution in [1.29, 1.82) is 0 Å². The predicted molar refractivity (Wildman–Crippen MR) is 76.5 cm³/mol. The second-order valence-corrected chi connectivity index (χ2v) is 5.23. The van der Waals surface area contributed by atoms with Gasteiger partial charge >= 0.3 is 12.1 Å². The van der Waals surface area contributed by atoms with E-state index in [1.807, 2.05) is 0 Å². The number of rotatable bonds is 9. The second-order valence-electron chi connectivity index (χ2n) is 5.23. The average molecular weight is 285 g/mol. The molecule has 20 heavy (non-hydrogen) atoms. The summed E-state index contributed by atoms with van der Waals surface area (Å²) in [6.07, 6.45) is 9.32. The van der Waals surface area contributed by atoms with E-state index in [-0.39, 0.29) is 19.1 Å². The van der Waals surface area contributed by atoms with Gasteiger partial charge in [-0.15, -0.1) is 0 Å². The number of unbranched alkanes of at least 4 members (excludes halogenated alkanes) is 7. The molecule has 1 heterocycles. The van der Waals surface area contributed by atoms with Crippen molar-refractivity contribution in [2.24, 2.45) is 0 Å². The molecule has 0 spiro atoms. The van der Waals surface area contributed by atoms with E-state index in [2.05, 4.69) is 6.92 Å². The Hall–Kier alpha value is -1.26. The summed E-state index contributed by atoms with van der Waals surface area (Å²) in [5, 5.41) is 0. The number of nitrogens with zero attached hydrogens (tertiary/aromatic N) is 1. The Morgan fingerprint density at radius 2 is 1.80 bits per heavy atom. The maximum absolute atomic E-state index is 11.6. The number of ether oxygens (including phenoxy) is 2. The van der Waals surface area contributed by atoms with Crippen molar-refractivity contribution in [3.63, 3.8) is 0 Å². The number of carbonyl (C=O) groups is 2. The average Bonchev–Trinajstić information content (AvgIpc) is 2.45. The summed E-state index contributed by atoms with van der Waals surface area (Å²) in [4.78, 5) is 24.1. The molecule has 0 saturated carbocycles. The first-order valence-corrected chi connectivity index (χ1v) is 7.81. The summed E-state index contributed by atoms with van der Waals surface area (Å²) in [5.41, 5.74) is 0. The highest BCUT2D eigenvalue weighted by Gasteiger charge is 2.23. The number of cyclic esters (lactones) is 1. The van der Waals surface area contributed by atoms with Crippen molar-refractivity contribution in [1.82, 2.24) is 4.90 Å². The zero-order chi connectivity index (χ0) is 14.6. The van der Waals surface area contributed by atoms with Crippen LogP contribution in [0.4, 0.5) is 4.79 Å². The number of hydrogen-bond acceptors (Lipinski definition) is 4. The molecule has 0 unspecified atom stereocenters. The summed E-state index contributed by atoms with van der Waals surface area (Å²) in [6, 6.07) is 0. The summed E-state index contributed by atoms with van der Waals surface area (Å²) >= 11 is 0. The summed E-state index contributed by atoms with van der Waals surface area (Å²) in [7, 11) is 0. The molecule has 5 heteroatoms. The molecule has 1 saturated heterocycles. The first-order chi connectivity index (χ1) is 9.74. The van der Waals surface area contributed by atoms with Crippen molar-refractivity contribution in [2.45, 2.75) is 58.3 Å². The lowest BCUT2D eigenvalue weighted by atomic mass is 10.1. The van der Waals surface area contributed by atoms with Crippen molar-refractivity contribution in [2.75, 3.05) is 26.3 Å². The van der Waals surface area contributed by atoms with Gasteiger partial charge in [-0.1, -0.05) is 51.9 Å². The molecule has 5 nitrogen and oxygen atoms in total. The quantitative estimate of drug-likeness (QED) is 0.482. The van der Waals surface area contributed by atoms with Gasteiger partial charge in [-0.3, -0.25) is 9.69 Å². The molecule has 0 aromatic heterocycles. The second kappa shape index (κ2) is 10.5. The van der Waals surface area contributed by atoms with Gasteiger partial charge in [0, 0.05) is 0 Å². The SMILES string of the molecule is CCCCCCCCCCOC(=O)N1CCOC(=O)C1. The van der Waals surface area contributed by atoms with Gasteiger partial charge in [0.2, 0.25) is 0 Å². The van der Waals surface area contributed by atoms with Crippen LogP contribution in [0, 0.1) is 0 Å². The molecule has 0 aromatic rings. The minimum absolute atomic E-state index is 0.0102. The van der Waals surface area contributed by atoms with E-state index in [0.717, 1.165) is 12.8 Å². The molecular formula is C15H27NO4. The first-order valence-electron chi connectivity index (χ1n) is 7.81. The minimum Gasteiger partial charge on any atom is -0.462 e. The standard InChI is InChI=1S/C15H27NO4/c1-2-3-4-5-6-7-8-9-11-20-15(18)16-10-12-19-14(17)13-16/h2-13H2,1H3. The highest BCUT2D eigenvalue weighted by Crippen LogP contribution is 2.09. The molecule has 0 bridgehead atoms. The Morgan fingerprint density at radius 1 is 1.15 bits per heavy atom. The van der Waals surface area contributed by atoms with Crippen molar-refractivity contribution in [3.8, 4) is 0 Å². The lowest BCUT2D eigenvalue weighted by Gasteiger charge is -2.24. The van der Waals surface area contributed by atoms with Gasteiger partial charge in [0.25, 0.3) is 0 Å². The van der Waals surface area contributed by atoms with Crippen LogP contribution in [0.2, 0.25) is 0 Å². The smallest absolute Gasteiger partial charge is 0.410 e. The van der Waals surface area contributed by atoms with Crippen molar-refractivity contribution < 1.29 is 19.1 Å². The van der Waals surface area contributed by atoms with E-state index in [1.54, 1.807) is 0 Å². The fraction of sp³-hybridized carbons (Fsp3) is 0.867. The topological polar surface area (TPSA) is 55.8 Å². The minimum atomic E-state index is -0.399. The van der Waals surface area contributed by atoms with Crippen LogP contribution in [0.15, 0.2) is 0 Å². The van der Waals surface area contributed by atoms with Crippen LogP contribution in [0.1, 0.15) is 58.3 Å². The molecule has 1 aliphatic heterocycles. The molecule has 1 aliphatic rings. The van der Waals surface area contributed by atoms with Gasteiger partial charge in [-0.05, 0) is 6.42 Å². The van der Waals surface area contributed by atoms with Gasteiger partial charge in [0.15, 0.2) is 0 Å². The van der Waals surface area contributed by atoms with Gasteiger partial charge in [-0.2, -0.15) is 0 Å². The highest BCUT2D eigenvalue weighted by atomic mass is 16.6. The maximum Gasteiger partial charge on any atom is 0.410 e. The van der Waals surface area contributed by atoms with Crippen LogP contribution in [0.25, 0.3) is 0 Å². The number of carbonyl (C=O) groups excluding carboxylic acids is 2. The molecule has 0 radical (unpaired) electrons. The molecule has 1 rings (SSSR count). The molecular weight excluding hydrogens is 258 g/mol. The number of morpholine rings is 1.